The highest BCUT2D eigenvalue weighted by Gasteiger charge is 2.34. The summed E-state index contributed by atoms with van der Waals surface area (Å²) in [6, 6.07) is 0. The lowest BCUT2D eigenvalue weighted by molar-refractivity contribution is -0.891. The van der Waals surface area contributed by atoms with Crippen LogP contribution in [-0.2, 0) is 18.9 Å². The van der Waals surface area contributed by atoms with Gasteiger partial charge in [-0.25, -0.2) is 0 Å². The van der Waals surface area contributed by atoms with Crippen molar-refractivity contribution in [2.45, 2.75) is 156 Å². The average Bonchev–Trinajstić information content (AvgIpc) is 3.15. The topological polar surface area (TPSA) is 36.9 Å². The summed E-state index contributed by atoms with van der Waals surface area (Å²) in [5, 5.41) is 0. The Morgan fingerprint density at radius 2 is 0.456 bits per heavy atom. The second-order valence-corrected chi connectivity index (χ2v) is 20.9. The summed E-state index contributed by atoms with van der Waals surface area (Å²) in [6.07, 6.45) is 26.5. The molecule has 57 heavy (non-hydrogen) atoms. The van der Waals surface area contributed by atoms with E-state index in [1.54, 1.807) is 0 Å². The normalized spacial score (nSPS) is 13.3. The smallest absolute Gasteiger partial charge is 0.102 e. The first-order valence-electron chi connectivity index (χ1n) is 24.7. The Labute approximate surface area is 359 Å². The minimum Gasteiger partial charge on any atom is -0.375 e. The van der Waals surface area contributed by atoms with Crippen LogP contribution in [0.3, 0.4) is 0 Å². The second-order valence-electron chi connectivity index (χ2n) is 20.9. The van der Waals surface area contributed by atoms with Crippen LogP contribution < -0.4 is 0 Å². The number of hydrogen-bond donors (Lipinski definition) is 0. The Bertz CT molecular complexity index is 740. The summed E-state index contributed by atoms with van der Waals surface area (Å²) < 4.78 is 30.7. The predicted molar refractivity (Wildman–Crippen MR) is 248 cm³/mol. The largest absolute Gasteiger partial charge is 0.375 e. The minimum atomic E-state index is -0.344. The monoisotopic (exact) mass is 817 g/mol. The molecule has 0 saturated heterocycles. The van der Waals surface area contributed by atoms with E-state index in [9.17, 15) is 0 Å². The third-order valence-electron chi connectivity index (χ3n) is 12.5. The zero-order chi connectivity index (χ0) is 42.8. The van der Waals surface area contributed by atoms with Gasteiger partial charge in [0.05, 0.1) is 141 Å². The highest BCUT2D eigenvalue weighted by molar-refractivity contribution is 4.79. The number of rotatable bonds is 44. The number of ether oxygens (including phenoxy) is 4. The summed E-state index contributed by atoms with van der Waals surface area (Å²) in [4.78, 5) is 0. The molecule has 0 fully saturated rings. The lowest BCUT2D eigenvalue weighted by Gasteiger charge is -2.36. The van der Waals surface area contributed by atoms with Gasteiger partial charge in [-0.05, 0) is 51.4 Å². The molecule has 0 heterocycles. The lowest BCUT2D eigenvalue weighted by Crippen LogP contribution is -2.48. The Morgan fingerprint density at radius 3 is 0.649 bits per heavy atom. The molecule has 0 aromatic carbocycles. The lowest BCUT2D eigenvalue weighted by atomic mass is 9.92. The Hall–Kier alpha value is -0.320. The van der Waals surface area contributed by atoms with E-state index in [-0.39, 0.29) is 5.41 Å². The molecule has 0 N–H and O–H groups in total. The second kappa shape index (κ2) is 34.3. The number of quaternary nitrogens is 4. The average molecular weight is 817 g/mol. The fraction of sp³-hybridized carbons (Fsp3) is 1.00. The van der Waals surface area contributed by atoms with Gasteiger partial charge in [0.2, 0.25) is 0 Å². The maximum absolute atomic E-state index is 6.66. The highest BCUT2D eigenvalue weighted by atomic mass is 16.5. The van der Waals surface area contributed by atoms with Gasteiger partial charge in [0.15, 0.2) is 0 Å². The Morgan fingerprint density at radius 1 is 0.263 bits per heavy atom. The minimum absolute atomic E-state index is 0.344. The van der Waals surface area contributed by atoms with E-state index >= 15 is 0 Å². The molecule has 344 valence electrons. The standard InChI is InChI=1S/C49H108N4O4/c1-13-17-21-25-29-33-50(5,6)37-41-54-45-49(46-55-42-38-51(7,8)34-30-26-22-18-14-2,47-56-43-39-52(9,10)35-31-27-23-19-15-3)48-57-44-40-53(11,12)36-32-28-24-20-16-4/h13-48H2,1-12H3/q+4. The van der Waals surface area contributed by atoms with Gasteiger partial charge in [-0.1, -0.05) is 105 Å². The number of hydrogen-bond acceptors (Lipinski definition) is 4. The third-order valence-corrected chi connectivity index (χ3v) is 12.5. The molecule has 0 spiro atoms. The van der Waals surface area contributed by atoms with Crippen molar-refractivity contribution < 1.29 is 36.9 Å². The number of nitrogens with zero attached hydrogens (tertiary/aromatic N) is 4. The van der Waals surface area contributed by atoms with Crippen LogP contribution in [0.4, 0.5) is 0 Å². The van der Waals surface area contributed by atoms with E-state index in [1.165, 1.54) is 155 Å². The van der Waals surface area contributed by atoms with Crippen LogP contribution in [0.5, 0.6) is 0 Å². The van der Waals surface area contributed by atoms with Crippen LogP contribution in [0, 0.1) is 5.41 Å². The first-order valence-corrected chi connectivity index (χ1v) is 24.7. The molecular formula is C49H108N4O4+4. The van der Waals surface area contributed by atoms with Gasteiger partial charge in [0.25, 0.3) is 0 Å². The van der Waals surface area contributed by atoms with Crippen molar-refractivity contribution >= 4 is 0 Å². The van der Waals surface area contributed by atoms with Crippen LogP contribution in [0.15, 0.2) is 0 Å². The van der Waals surface area contributed by atoms with Crippen molar-refractivity contribution in [3.8, 4) is 0 Å². The third kappa shape index (κ3) is 35.0. The molecular weight excluding hydrogens is 709 g/mol. The molecule has 0 unspecified atom stereocenters. The highest BCUT2D eigenvalue weighted by Crippen LogP contribution is 2.22. The van der Waals surface area contributed by atoms with Gasteiger partial charge in [0, 0.05) is 0 Å². The van der Waals surface area contributed by atoms with Crippen LogP contribution in [0.1, 0.15) is 156 Å². The van der Waals surface area contributed by atoms with E-state index in [0.29, 0.717) is 26.4 Å². The molecule has 0 bridgehead atoms. The fourth-order valence-electron chi connectivity index (χ4n) is 7.67. The molecule has 0 saturated carbocycles. The molecule has 0 aliphatic rings. The summed E-state index contributed by atoms with van der Waals surface area (Å²) >= 11 is 0. The SMILES string of the molecule is CCCCCCC[N+](C)(C)CCOCC(COCC[N+](C)(C)CCCCCCC)(COCC[N+](C)(C)CCCCCCC)COCC[N+](C)(C)CCCCCCC. The van der Waals surface area contributed by atoms with Gasteiger partial charge < -0.3 is 36.9 Å². The summed E-state index contributed by atoms with van der Waals surface area (Å²) in [5.74, 6) is 0. The van der Waals surface area contributed by atoms with Crippen molar-refractivity contribution in [1.82, 2.24) is 0 Å². The van der Waals surface area contributed by atoms with E-state index in [1.807, 2.05) is 0 Å². The first-order chi connectivity index (χ1) is 27.1. The number of unbranched alkanes of at least 4 members (excludes halogenated alkanes) is 16. The van der Waals surface area contributed by atoms with E-state index < -0.39 is 0 Å². The van der Waals surface area contributed by atoms with Gasteiger partial charge in [0.1, 0.15) is 26.2 Å². The molecule has 0 aromatic heterocycles. The molecule has 0 amide bonds. The van der Waals surface area contributed by atoms with Gasteiger partial charge in [-0.2, -0.15) is 0 Å². The zero-order valence-electron chi connectivity index (χ0n) is 41.4. The van der Waals surface area contributed by atoms with Gasteiger partial charge >= 0.3 is 0 Å². The quantitative estimate of drug-likeness (QED) is 0.0454. The Balaban J connectivity index is 5.72. The molecule has 0 rings (SSSR count). The fourth-order valence-corrected chi connectivity index (χ4v) is 7.67. The summed E-state index contributed by atoms with van der Waals surface area (Å²) in [6.45, 7) is 23.5. The molecule has 8 heteroatoms. The molecule has 0 radical (unpaired) electrons. The summed E-state index contributed by atoms with van der Waals surface area (Å²) in [5.41, 5.74) is -0.344. The molecule has 8 nitrogen and oxygen atoms in total. The molecule has 0 aliphatic carbocycles. The first kappa shape index (κ1) is 56.7. The molecule has 0 aromatic rings. The zero-order valence-corrected chi connectivity index (χ0v) is 41.4. The molecule has 0 aliphatic heterocycles. The van der Waals surface area contributed by atoms with Crippen LogP contribution in [-0.4, -0.2) is 180 Å². The Kier molecular flexibility index (Phi) is 34.1. The maximum atomic E-state index is 6.66. The van der Waals surface area contributed by atoms with E-state index in [4.69, 9.17) is 18.9 Å². The predicted octanol–water partition coefficient (Wildman–Crippen LogP) is 10.2. The van der Waals surface area contributed by atoms with Gasteiger partial charge in [-0.15, -0.1) is 0 Å². The van der Waals surface area contributed by atoms with Crippen molar-refractivity contribution in [2.24, 2.45) is 5.41 Å². The maximum Gasteiger partial charge on any atom is 0.102 e. The van der Waals surface area contributed by atoms with E-state index in [2.05, 4.69) is 84.1 Å². The van der Waals surface area contributed by atoms with E-state index in [0.717, 1.165) is 70.5 Å². The van der Waals surface area contributed by atoms with Crippen LogP contribution >= 0.6 is 0 Å². The van der Waals surface area contributed by atoms with Gasteiger partial charge in [-0.3, -0.25) is 0 Å². The van der Waals surface area contributed by atoms with Crippen molar-refractivity contribution in [1.29, 1.82) is 0 Å². The molecule has 0 atom stereocenters. The number of likely N-dealkylation sites (N-methyl/N-ethyl adjacent to an activating group) is 4. The van der Waals surface area contributed by atoms with Crippen molar-refractivity contribution in [3.63, 3.8) is 0 Å². The summed E-state index contributed by atoms with van der Waals surface area (Å²) in [7, 11) is 18.9. The van der Waals surface area contributed by atoms with Crippen LogP contribution in [0.2, 0.25) is 0 Å². The van der Waals surface area contributed by atoms with Crippen molar-refractivity contribution in [2.75, 3.05) is 162 Å². The van der Waals surface area contributed by atoms with Crippen LogP contribution in [0.25, 0.3) is 0 Å². The van der Waals surface area contributed by atoms with Crippen molar-refractivity contribution in [3.05, 3.63) is 0 Å².